The van der Waals surface area contributed by atoms with Crippen LogP contribution in [0.15, 0.2) is 24.1 Å². The highest BCUT2D eigenvalue weighted by molar-refractivity contribution is 5.03. The Kier molecular flexibility index (Phi) is 5.63. The fourth-order valence-electron chi connectivity index (χ4n) is 0.585. The van der Waals surface area contributed by atoms with Crippen LogP contribution < -0.4 is 5.73 Å². The standard InChI is InChI=1S/C8H15NO/c1-2-3-4-5-6-7-8(9)10/h5-7,10H,2-4,9H2,1H3/b6-5-,8-7+. The number of rotatable bonds is 4. The number of allylic oxidation sites excluding steroid dienone is 3. The minimum absolute atomic E-state index is 0.132. The molecule has 0 rings (SSSR count). The van der Waals surface area contributed by atoms with Gasteiger partial charge in [0.1, 0.15) is 0 Å². The lowest BCUT2D eigenvalue weighted by molar-refractivity contribution is 0.406. The summed E-state index contributed by atoms with van der Waals surface area (Å²) in [6.07, 6.45) is 8.69. The SMILES string of the molecule is CCCC/C=C\C=C(/N)O. The van der Waals surface area contributed by atoms with E-state index in [2.05, 4.69) is 6.92 Å². The Morgan fingerprint density at radius 1 is 1.60 bits per heavy atom. The second-order valence-electron chi connectivity index (χ2n) is 2.16. The van der Waals surface area contributed by atoms with E-state index < -0.39 is 0 Å². The van der Waals surface area contributed by atoms with E-state index in [4.69, 9.17) is 10.8 Å². The molecule has 3 N–H and O–H groups in total. The first-order valence-corrected chi connectivity index (χ1v) is 3.58. The molecule has 0 spiro atoms. The Labute approximate surface area is 62.0 Å². The number of hydrogen-bond donors (Lipinski definition) is 2. The van der Waals surface area contributed by atoms with E-state index in [0.29, 0.717) is 0 Å². The normalized spacial score (nSPS) is 12.7. The molecule has 0 aliphatic rings. The van der Waals surface area contributed by atoms with Crippen molar-refractivity contribution in [3.05, 3.63) is 24.1 Å². The van der Waals surface area contributed by atoms with Crippen molar-refractivity contribution in [2.75, 3.05) is 0 Å². The van der Waals surface area contributed by atoms with Crippen molar-refractivity contribution in [2.24, 2.45) is 5.73 Å². The highest BCUT2D eigenvalue weighted by Crippen LogP contribution is 1.94. The average Bonchev–Trinajstić information content (AvgIpc) is 1.87. The van der Waals surface area contributed by atoms with Gasteiger partial charge in [-0.3, -0.25) is 0 Å². The number of aliphatic hydroxyl groups excluding tert-OH is 1. The molecule has 0 bridgehead atoms. The first kappa shape index (κ1) is 9.08. The summed E-state index contributed by atoms with van der Waals surface area (Å²) >= 11 is 0. The maximum absolute atomic E-state index is 8.50. The Hall–Kier alpha value is -0.920. The van der Waals surface area contributed by atoms with Gasteiger partial charge in [0.05, 0.1) is 0 Å². The summed E-state index contributed by atoms with van der Waals surface area (Å²) in [5, 5.41) is 8.50. The average molecular weight is 141 g/mol. The molecule has 0 radical (unpaired) electrons. The van der Waals surface area contributed by atoms with Gasteiger partial charge in [0.15, 0.2) is 5.88 Å². The van der Waals surface area contributed by atoms with Gasteiger partial charge in [-0.2, -0.15) is 0 Å². The van der Waals surface area contributed by atoms with Crippen molar-refractivity contribution in [3.63, 3.8) is 0 Å². The van der Waals surface area contributed by atoms with E-state index >= 15 is 0 Å². The van der Waals surface area contributed by atoms with Crippen LogP contribution >= 0.6 is 0 Å². The molecule has 0 fully saturated rings. The summed E-state index contributed by atoms with van der Waals surface area (Å²) in [7, 11) is 0. The largest absolute Gasteiger partial charge is 0.495 e. The molecule has 0 aromatic carbocycles. The number of nitrogens with two attached hydrogens (primary N) is 1. The number of hydrogen-bond acceptors (Lipinski definition) is 2. The summed E-state index contributed by atoms with van der Waals surface area (Å²) < 4.78 is 0. The van der Waals surface area contributed by atoms with Gasteiger partial charge >= 0.3 is 0 Å². The fraction of sp³-hybridized carbons (Fsp3) is 0.500. The Morgan fingerprint density at radius 3 is 2.80 bits per heavy atom. The summed E-state index contributed by atoms with van der Waals surface area (Å²) in [6.45, 7) is 2.14. The van der Waals surface area contributed by atoms with E-state index in [9.17, 15) is 0 Å². The molecule has 0 heterocycles. The van der Waals surface area contributed by atoms with Gasteiger partial charge in [0.25, 0.3) is 0 Å². The van der Waals surface area contributed by atoms with E-state index in [1.54, 1.807) is 6.08 Å². The van der Waals surface area contributed by atoms with Crippen LogP contribution in [0.4, 0.5) is 0 Å². The molecule has 0 aromatic rings. The minimum atomic E-state index is -0.132. The first-order chi connectivity index (χ1) is 4.77. The summed E-state index contributed by atoms with van der Waals surface area (Å²) in [5.74, 6) is -0.132. The third-order valence-electron chi connectivity index (χ3n) is 1.13. The highest BCUT2D eigenvalue weighted by atomic mass is 16.3. The van der Waals surface area contributed by atoms with Crippen LogP contribution in [0.1, 0.15) is 26.2 Å². The van der Waals surface area contributed by atoms with Gasteiger partial charge in [0.2, 0.25) is 0 Å². The smallest absolute Gasteiger partial charge is 0.181 e. The molecule has 0 saturated heterocycles. The highest BCUT2D eigenvalue weighted by Gasteiger charge is 1.76. The van der Waals surface area contributed by atoms with E-state index in [0.717, 1.165) is 6.42 Å². The summed E-state index contributed by atoms with van der Waals surface area (Å²) in [5.41, 5.74) is 4.97. The van der Waals surface area contributed by atoms with Gasteiger partial charge in [-0.25, -0.2) is 0 Å². The molecule has 0 unspecified atom stereocenters. The lowest BCUT2D eigenvalue weighted by atomic mass is 10.2. The molecule has 0 amide bonds. The Morgan fingerprint density at radius 2 is 2.30 bits per heavy atom. The predicted molar refractivity (Wildman–Crippen MR) is 43.6 cm³/mol. The quantitative estimate of drug-likeness (QED) is 0.358. The fourth-order valence-corrected chi connectivity index (χ4v) is 0.585. The molecule has 10 heavy (non-hydrogen) atoms. The van der Waals surface area contributed by atoms with E-state index in [1.807, 2.05) is 6.08 Å². The molecule has 0 aromatic heterocycles. The number of aliphatic hydroxyl groups is 1. The first-order valence-electron chi connectivity index (χ1n) is 3.58. The zero-order valence-corrected chi connectivity index (χ0v) is 6.38. The zero-order chi connectivity index (χ0) is 7.82. The van der Waals surface area contributed by atoms with Crippen molar-refractivity contribution in [3.8, 4) is 0 Å². The Balaban J connectivity index is 3.29. The second kappa shape index (κ2) is 6.20. The molecule has 0 saturated carbocycles. The van der Waals surface area contributed by atoms with E-state index in [1.165, 1.54) is 18.9 Å². The number of unbranched alkanes of at least 4 members (excludes halogenated alkanes) is 2. The van der Waals surface area contributed by atoms with Crippen molar-refractivity contribution in [1.82, 2.24) is 0 Å². The predicted octanol–water partition coefficient (Wildman–Crippen LogP) is 2.09. The molecule has 0 aliphatic carbocycles. The maximum Gasteiger partial charge on any atom is 0.181 e. The van der Waals surface area contributed by atoms with Crippen LogP contribution in [0.2, 0.25) is 0 Å². The molecule has 2 heteroatoms. The molecular formula is C8H15NO. The van der Waals surface area contributed by atoms with Gasteiger partial charge in [0, 0.05) is 0 Å². The molecule has 0 atom stereocenters. The lowest BCUT2D eigenvalue weighted by Gasteiger charge is -1.86. The summed E-state index contributed by atoms with van der Waals surface area (Å²) in [4.78, 5) is 0. The Bertz CT molecular complexity index is 123. The van der Waals surface area contributed by atoms with Crippen LogP contribution in [0.5, 0.6) is 0 Å². The molecule has 2 nitrogen and oxygen atoms in total. The molecule has 58 valence electrons. The van der Waals surface area contributed by atoms with Crippen LogP contribution in [0, 0.1) is 0 Å². The van der Waals surface area contributed by atoms with Crippen LogP contribution in [0.3, 0.4) is 0 Å². The van der Waals surface area contributed by atoms with Crippen LogP contribution in [-0.2, 0) is 0 Å². The summed E-state index contributed by atoms with van der Waals surface area (Å²) in [6, 6.07) is 0. The van der Waals surface area contributed by atoms with E-state index in [-0.39, 0.29) is 5.88 Å². The second-order valence-corrected chi connectivity index (χ2v) is 2.16. The van der Waals surface area contributed by atoms with Gasteiger partial charge in [-0.15, -0.1) is 0 Å². The van der Waals surface area contributed by atoms with Crippen molar-refractivity contribution >= 4 is 0 Å². The monoisotopic (exact) mass is 141 g/mol. The third-order valence-corrected chi connectivity index (χ3v) is 1.13. The van der Waals surface area contributed by atoms with Crippen molar-refractivity contribution < 1.29 is 5.11 Å². The molecule has 0 aliphatic heterocycles. The lowest BCUT2D eigenvalue weighted by Crippen LogP contribution is -1.91. The zero-order valence-electron chi connectivity index (χ0n) is 6.38. The van der Waals surface area contributed by atoms with Gasteiger partial charge < -0.3 is 10.8 Å². The minimum Gasteiger partial charge on any atom is -0.495 e. The van der Waals surface area contributed by atoms with Crippen molar-refractivity contribution in [2.45, 2.75) is 26.2 Å². The third kappa shape index (κ3) is 7.08. The van der Waals surface area contributed by atoms with Crippen molar-refractivity contribution in [1.29, 1.82) is 0 Å². The van der Waals surface area contributed by atoms with Gasteiger partial charge in [-0.1, -0.05) is 31.9 Å². The van der Waals surface area contributed by atoms with Crippen LogP contribution in [-0.4, -0.2) is 5.11 Å². The maximum atomic E-state index is 8.50. The topological polar surface area (TPSA) is 46.2 Å². The molecular weight excluding hydrogens is 126 g/mol. The van der Waals surface area contributed by atoms with Gasteiger partial charge in [-0.05, 0) is 12.5 Å². The van der Waals surface area contributed by atoms with Crippen LogP contribution in [0.25, 0.3) is 0 Å².